The van der Waals surface area contributed by atoms with E-state index in [1.165, 1.54) is 11.6 Å². The second-order valence-electron chi connectivity index (χ2n) is 2.75. The maximum Gasteiger partial charge on any atom is 0.352 e. The van der Waals surface area contributed by atoms with Gasteiger partial charge in [0.2, 0.25) is 0 Å². The molecule has 0 spiro atoms. The van der Waals surface area contributed by atoms with Crippen molar-refractivity contribution in [1.82, 2.24) is 9.13 Å². The van der Waals surface area contributed by atoms with E-state index in [9.17, 15) is 9.59 Å². The van der Waals surface area contributed by atoms with E-state index >= 15 is 0 Å². The number of hydrogen-bond donors (Lipinski definition) is 1. The van der Waals surface area contributed by atoms with Crippen LogP contribution >= 0.6 is 0 Å². The standard InChI is InChI=1S/C7H6N4O2/c1-10-5-4(8-3-9-5)6(12)11(2)7(10)13/h1-2H3/p+1. The first-order chi connectivity index (χ1) is 6.13. The van der Waals surface area contributed by atoms with E-state index in [0.717, 1.165) is 4.57 Å². The van der Waals surface area contributed by atoms with Crippen LogP contribution in [0.3, 0.4) is 0 Å². The number of fused-ring (bicyclic) bond motifs is 1. The SMILES string of the molecule is Cn1c2c(c(=O)n(C)c1=O)N[C+]=N2. The van der Waals surface area contributed by atoms with E-state index < -0.39 is 5.69 Å². The van der Waals surface area contributed by atoms with Crippen LogP contribution in [0.2, 0.25) is 0 Å². The largest absolute Gasteiger partial charge is 0.352 e. The number of aromatic nitrogens is 2. The molecule has 13 heavy (non-hydrogen) atoms. The Labute approximate surface area is 73.1 Å². The molecule has 1 aromatic heterocycles. The fourth-order valence-electron chi connectivity index (χ4n) is 1.21. The van der Waals surface area contributed by atoms with Gasteiger partial charge in [-0.15, -0.1) is 0 Å². The second-order valence-corrected chi connectivity index (χ2v) is 2.75. The van der Waals surface area contributed by atoms with E-state index in [4.69, 9.17) is 0 Å². The zero-order chi connectivity index (χ0) is 9.59. The highest BCUT2D eigenvalue weighted by atomic mass is 16.2. The number of nitrogens with zero attached hydrogens (tertiary/aromatic N) is 3. The normalized spacial score (nSPS) is 12.2. The van der Waals surface area contributed by atoms with Gasteiger partial charge in [0.15, 0.2) is 0 Å². The van der Waals surface area contributed by atoms with Crippen LogP contribution in [0.4, 0.5) is 11.5 Å². The molecule has 1 N–H and O–H groups in total. The summed E-state index contributed by atoms with van der Waals surface area (Å²) in [5.41, 5.74) is -0.477. The first-order valence-corrected chi connectivity index (χ1v) is 3.64. The summed E-state index contributed by atoms with van der Waals surface area (Å²) in [5, 5.41) is 2.57. The fourth-order valence-corrected chi connectivity index (χ4v) is 1.21. The van der Waals surface area contributed by atoms with Gasteiger partial charge in [0.05, 0.1) is 0 Å². The molecule has 0 fully saturated rings. The molecule has 0 aliphatic carbocycles. The van der Waals surface area contributed by atoms with Crippen LogP contribution in [0.15, 0.2) is 14.6 Å². The van der Waals surface area contributed by atoms with Crippen molar-refractivity contribution in [3.05, 3.63) is 20.8 Å². The number of nitrogens with one attached hydrogen (secondary N) is 1. The van der Waals surface area contributed by atoms with E-state index in [1.807, 2.05) is 0 Å². The topological polar surface area (TPSA) is 68.4 Å². The monoisotopic (exact) mass is 179 g/mol. The highest BCUT2D eigenvalue weighted by Gasteiger charge is 2.28. The van der Waals surface area contributed by atoms with Gasteiger partial charge in [-0.05, 0) is 4.99 Å². The van der Waals surface area contributed by atoms with Crippen LogP contribution in [-0.4, -0.2) is 15.5 Å². The van der Waals surface area contributed by atoms with Crippen molar-refractivity contribution in [2.24, 2.45) is 19.1 Å². The molecule has 1 aromatic rings. The summed E-state index contributed by atoms with van der Waals surface area (Å²) in [6.07, 6.45) is 2.43. The Morgan fingerprint density at radius 2 is 2.00 bits per heavy atom. The third kappa shape index (κ3) is 0.830. The third-order valence-electron chi connectivity index (χ3n) is 1.98. The molecule has 0 saturated carbocycles. The average molecular weight is 179 g/mol. The molecular formula is C7H7N4O2+. The lowest BCUT2D eigenvalue weighted by Crippen LogP contribution is -2.37. The van der Waals surface area contributed by atoms with Crippen LogP contribution in [-0.2, 0) is 14.1 Å². The van der Waals surface area contributed by atoms with Gasteiger partial charge in [0.25, 0.3) is 6.34 Å². The summed E-state index contributed by atoms with van der Waals surface area (Å²) in [4.78, 5) is 26.5. The molecule has 2 rings (SSSR count). The van der Waals surface area contributed by atoms with Crippen molar-refractivity contribution in [3.8, 4) is 0 Å². The van der Waals surface area contributed by atoms with Gasteiger partial charge in [-0.25, -0.2) is 18.7 Å². The van der Waals surface area contributed by atoms with Gasteiger partial charge in [-0.2, -0.15) is 5.32 Å². The maximum atomic E-state index is 11.4. The van der Waals surface area contributed by atoms with Gasteiger partial charge in [-0.1, -0.05) is 0 Å². The summed E-state index contributed by atoms with van der Waals surface area (Å²) < 4.78 is 2.32. The quantitative estimate of drug-likeness (QED) is 0.522. The zero-order valence-corrected chi connectivity index (χ0v) is 7.16. The van der Waals surface area contributed by atoms with Crippen molar-refractivity contribution in [3.63, 3.8) is 0 Å². The first-order valence-electron chi connectivity index (χ1n) is 3.64. The second kappa shape index (κ2) is 2.27. The molecule has 0 radical (unpaired) electrons. The Bertz CT molecular complexity index is 508. The molecule has 1 aliphatic rings. The molecule has 66 valence electrons. The third-order valence-corrected chi connectivity index (χ3v) is 1.98. The number of anilines is 1. The Kier molecular flexibility index (Phi) is 1.35. The molecule has 1 aliphatic heterocycles. The minimum Gasteiger partial charge on any atom is -0.248 e. The van der Waals surface area contributed by atoms with Crippen LogP contribution in [0.1, 0.15) is 0 Å². The predicted molar refractivity (Wildman–Crippen MR) is 47.6 cm³/mol. The lowest BCUT2D eigenvalue weighted by Gasteiger charge is -1.97. The summed E-state index contributed by atoms with van der Waals surface area (Å²) in [7, 11) is 2.98. The molecule has 0 amide bonds. The summed E-state index contributed by atoms with van der Waals surface area (Å²) in [6, 6.07) is 0. The highest BCUT2D eigenvalue weighted by Crippen LogP contribution is 2.20. The van der Waals surface area contributed by atoms with E-state index in [2.05, 4.69) is 16.6 Å². The molecule has 6 heteroatoms. The summed E-state index contributed by atoms with van der Waals surface area (Å²) in [5.74, 6) is 0.327. The Balaban J connectivity index is 2.99. The van der Waals surface area contributed by atoms with Crippen molar-refractivity contribution < 1.29 is 0 Å². The zero-order valence-electron chi connectivity index (χ0n) is 7.16. The summed E-state index contributed by atoms with van der Waals surface area (Å²) >= 11 is 0. The Hall–Kier alpha value is -1.94. The number of rotatable bonds is 0. The lowest BCUT2D eigenvalue weighted by atomic mass is 10.4. The smallest absolute Gasteiger partial charge is 0.248 e. The number of hydrogen-bond acceptors (Lipinski definition) is 4. The number of aliphatic imine (C=N–C) groups is 1. The Morgan fingerprint density at radius 1 is 1.31 bits per heavy atom. The molecule has 2 heterocycles. The lowest BCUT2D eigenvalue weighted by molar-refractivity contribution is 0.695. The predicted octanol–water partition coefficient (Wildman–Crippen LogP) is -0.954. The maximum absolute atomic E-state index is 11.4. The molecular weight excluding hydrogens is 172 g/mol. The minimum atomic E-state index is -0.391. The van der Waals surface area contributed by atoms with Gasteiger partial charge >= 0.3 is 22.8 Å². The van der Waals surface area contributed by atoms with E-state index in [0.29, 0.717) is 11.5 Å². The van der Waals surface area contributed by atoms with Crippen molar-refractivity contribution >= 4 is 17.8 Å². The van der Waals surface area contributed by atoms with Crippen molar-refractivity contribution in [1.29, 1.82) is 0 Å². The van der Waals surface area contributed by atoms with Crippen LogP contribution in [0.25, 0.3) is 0 Å². The molecule has 0 bridgehead atoms. The summed E-state index contributed by atoms with van der Waals surface area (Å²) in [6.45, 7) is 0. The molecule has 0 unspecified atom stereocenters. The van der Waals surface area contributed by atoms with Crippen LogP contribution in [0, 0.1) is 0 Å². The van der Waals surface area contributed by atoms with Crippen molar-refractivity contribution in [2.45, 2.75) is 0 Å². The van der Waals surface area contributed by atoms with E-state index in [-0.39, 0.29) is 5.56 Å². The van der Waals surface area contributed by atoms with Crippen LogP contribution in [0.5, 0.6) is 0 Å². The molecule has 6 nitrogen and oxygen atoms in total. The highest BCUT2D eigenvalue weighted by molar-refractivity contribution is 5.88. The van der Waals surface area contributed by atoms with Gasteiger partial charge in [-0.3, -0.25) is 0 Å². The average Bonchev–Trinajstić information content (AvgIpc) is 2.59. The molecule has 0 aromatic carbocycles. The fraction of sp³-hybridized carbons (Fsp3) is 0.286. The molecule has 0 atom stereocenters. The van der Waals surface area contributed by atoms with Gasteiger partial charge < -0.3 is 0 Å². The van der Waals surface area contributed by atoms with Gasteiger partial charge in [0, 0.05) is 14.1 Å². The first kappa shape index (κ1) is 7.70. The Morgan fingerprint density at radius 3 is 2.69 bits per heavy atom. The minimum absolute atomic E-state index is 0.296. The molecule has 0 saturated heterocycles. The van der Waals surface area contributed by atoms with Gasteiger partial charge in [0.1, 0.15) is 0 Å². The van der Waals surface area contributed by atoms with Crippen molar-refractivity contribution in [2.75, 3.05) is 5.32 Å². The van der Waals surface area contributed by atoms with E-state index in [1.54, 1.807) is 7.05 Å². The van der Waals surface area contributed by atoms with Crippen LogP contribution < -0.4 is 16.6 Å².